The van der Waals surface area contributed by atoms with E-state index in [0.29, 0.717) is 17.7 Å². The molecule has 3 heterocycles. The molecule has 0 fully saturated rings. The third kappa shape index (κ3) is 5.13. The van der Waals surface area contributed by atoms with Gasteiger partial charge in [-0.3, -0.25) is 9.13 Å². The van der Waals surface area contributed by atoms with Gasteiger partial charge in [-0.2, -0.15) is 15.0 Å². The van der Waals surface area contributed by atoms with Crippen LogP contribution in [0.2, 0.25) is 0 Å². The van der Waals surface area contributed by atoms with Crippen LogP contribution in [0.5, 0.6) is 0 Å². The molecule has 5 heteroatoms. The van der Waals surface area contributed by atoms with E-state index in [9.17, 15) is 0 Å². The van der Waals surface area contributed by atoms with Gasteiger partial charge in [-0.25, -0.2) is 0 Å². The average molecular weight is 716 g/mol. The fraction of sp³-hybridized carbons (Fsp3) is 0. The first-order valence-corrected chi connectivity index (χ1v) is 18.9. The molecule has 262 valence electrons. The lowest BCUT2D eigenvalue weighted by Gasteiger charge is -2.16. The van der Waals surface area contributed by atoms with Gasteiger partial charge in [0.15, 0.2) is 5.82 Å². The molecule has 0 aliphatic carbocycles. The summed E-state index contributed by atoms with van der Waals surface area (Å²) in [5.74, 6) is 1.72. The first kappa shape index (κ1) is 31.9. The maximum atomic E-state index is 5.32. The third-order valence-electron chi connectivity index (χ3n) is 10.8. The zero-order chi connectivity index (χ0) is 37.0. The zero-order valence-electron chi connectivity index (χ0n) is 30.3. The van der Waals surface area contributed by atoms with Crippen LogP contribution < -0.4 is 0 Å². The van der Waals surface area contributed by atoms with E-state index in [1.54, 1.807) is 0 Å². The average Bonchev–Trinajstić information content (AvgIpc) is 3.80. The van der Waals surface area contributed by atoms with Gasteiger partial charge in [0.05, 0.1) is 22.1 Å². The van der Waals surface area contributed by atoms with Crippen molar-refractivity contribution in [2.45, 2.75) is 0 Å². The van der Waals surface area contributed by atoms with Crippen molar-refractivity contribution in [3.8, 4) is 56.7 Å². The van der Waals surface area contributed by atoms with Crippen molar-refractivity contribution in [2.75, 3.05) is 0 Å². The lowest BCUT2D eigenvalue weighted by atomic mass is 9.89. The van der Waals surface area contributed by atoms with Gasteiger partial charge < -0.3 is 0 Å². The molecule has 0 atom stereocenters. The number of benzene rings is 8. The van der Waals surface area contributed by atoms with Crippen molar-refractivity contribution in [1.29, 1.82) is 0 Å². The second kappa shape index (κ2) is 13.0. The van der Waals surface area contributed by atoms with Crippen LogP contribution in [-0.4, -0.2) is 24.1 Å². The SMILES string of the molecule is c1ccc(-c2ccccc2-c2ccccc2-c2cccc(-c3nc(-n4c5ccccc5c5ccccc54)nc(-n4c5ccccc5c5ccccc54)n3)c2)cc1. The molecule has 0 N–H and O–H groups in total. The molecule has 11 aromatic rings. The summed E-state index contributed by atoms with van der Waals surface area (Å²) < 4.78 is 4.35. The lowest BCUT2D eigenvalue weighted by molar-refractivity contribution is 0.893. The molecule has 0 unspecified atom stereocenters. The summed E-state index contributed by atoms with van der Waals surface area (Å²) in [5, 5.41) is 4.60. The van der Waals surface area contributed by atoms with E-state index in [1.165, 1.54) is 16.7 Å². The third-order valence-corrected chi connectivity index (χ3v) is 10.8. The highest BCUT2D eigenvalue weighted by atomic mass is 15.3. The van der Waals surface area contributed by atoms with Crippen LogP contribution in [-0.2, 0) is 0 Å². The summed E-state index contributed by atoms with van der Waals surface area (Å²) in [6.45, 7) is 0. The Morgan fingerprint density at radius 2 is 0.625 bits per heavy atom. The van der Waals surface area contributed by atoms with E-state index in [2.05, 4.69) is 209 Å². The van der Waals surface area contributed by atoms with Crippen LogP contribution in [0.15, 0.2) is 200 Å². The van der Waals surface area contributed by atoms with Gasteiger partial charge in [-0.1, -0.05) is 170 Å². The Morgan fingerprint density at radius 1 is 0.268 bits per heavy atom. The smallest absolute Gasteiger partial charge is 0.240 e. The van der Waals surface area contributed by atoms with Crippen molar-refractivity contribution >= 4 is 43.6 Å². The summed E-state index contributed by atoms with van der Waals surface area (Å²) in [6, 6.07) is 70.4. The molecule has 0 aliphatic rings. The minimum Gasteiger partial charge on any atom is -0.278 e. The summed E-state index contributed by atoms with van der Waals surface area (Å²) in [7, 11) is 0. The minimum absolute atomic E-state index is 0.562. The quantitative estimate of drug-likeness (QED) is 0.172. The van der Waals surface area contributed by atoms with Crippen molar-refractivity contribution < 1.29 is 0 Å². The van der Waals surface area contributed by atoms with Gasteiger partial charge >= 0.3 is 0 Å². The maximum absolute atomic E-state index is 5.32. The normalized spacial score (nSPS) is 11.6. The number of hydrogen-bond acceptors (Lipinski definition) is 3. The predicted octanol–water partition coefficient (Wildman–Crippen LogP) is 12.7. The summed E-state index contributed by atoms with van der Waals surface area (Å²) in [6.07, 6.45) is 0. The van der Waals surface area contributed by atoms with Gasteiger partial charge in [0.1, 0.15) is 0 Å². The first-order valence-electron chi connectivity index (χ1n) is 18.9. The van der Waals surface area contributed by atoms with Gasteiger partial charge in [0, 0.05) is 27.1 Å². The Labute approximate surface area is 323 Å². The molecular formula is C51H33N5. The molecular weight excluding hydrogens is 683 g/mol. The van der Waals surface area contributed by atoms with Gasteiger partial charge in [0.25, 0.3) is 0 Å². The summed E-state index contributed by atoms with van der Waals surface area (Å²) in [5.41, 5.74) is 12.0. The monoisotopic (exact) mass is 715 g/mol. The van der Waals surface area contributed by atoms with Crippen LogP contribution in [0.3, 0.4) is 0 Å². The Kier molecular flexibility index (Phi) is 7.42. The number of hydrogen-bond donors (Lipinski definition) is 0. The van der Waals surface area contributed by atoms with E-state index in [4.69, 9.17) is 15.0 Å². The van der Waals surface area contributed by atoms with Crippen LogP contribution in [0, 0.1) is 0 Å². The molecule has 3 aromatic heterocycles. The number of rotatable bonds is 6. The molecule has 8 aromatic carbocycles. The first-order chi connectivity index (χ1) is 27.8. The van der Waals surface area contributed by atoms with Gasteiger partial charge in [0.2, 0.25) is 11.9 Å². The summed E-state index contributed by atoms with van der Waals surface area (Å²) in [4.78, 5) is 15.9. The second-order valence-corrected chi connectivity index (χ2v) is 14.0. The van der Waals surface area contributed by atoms with Crippen LogP contribution in [0.4, 0.5) is 0 Å². The standard InChI is InChI=1S/C51H33N5/c1-2-17-34(18-3-1)37-21-4-6-23-39(37)40-24-7-5-22-38(40)35-19-16-20-36(33-35)49-52-50(55-45-29-12-8-25-41(45)42-26-9-13-30-46(42)55)54-51(53-49)56-47-31-14-10-27-43(47)44-28-11-15-32-48(44)56/h1-33H. The van der Waals surface area contributed by atoms with E-state index in [0.717, 1.165) is 65.9 Å². The van der Waals surface area contributed by atoms with Crippen molar-refractivity contribution in [1.82, 2.24) is 24.1 Å². The van der Waals surface area contributed by atoms with E-state index >= 15 is 0 Å². The molecule has 5 nitrogen and oxygen atoms in total. The van der Waals surface area contributed by atoms with Crippen molar-refractivity contribution in [3.63, 3.8) is 0 Å². The van der Waals surface area contributed by atoms with Gasteiger partial charge in [-0.05, 0) is 63.7 Å². The van der Waals surface area contributed by atoms with Crippen molar-refractivity contribution in [2.24, 2.45) is 0 Å². The molecule has 56 heavy (non-hydrogen) atoms. The van der Waals surface area contributed by atoms with E-state index in [-0.39, 0.29) is 0 Å². The van der Waals surface area contributed by atoms with E-state index in [1.807, 2.05) is 0 Å². The zero-order valence-corrected chi connectivity index (χ0v) is 30.3. The fourth-order valence-corrected chi connectivity index (χ4v) is 8.34. The topological polar surface area (TPSA) is 48.5 Å². The highest BCUT2D eigenvalue weighted by Gasteiger charge is 2.21. The van der Waals surface area contributed by atoms with Crippen LogP contribution >= 0.6 is 0 Å². The predicted molar refractivity (Wildman–Crippen MR) is 230 cm³/mol. The number of nitrogens with zero attached hydrogens (tertiary/aromatic N) is 5. The summed E-state index contributed by atoms with van der Waals surface area (Å²) >= 11 is 0. The number of para-hydroxylation sites is 4. The molecule has 0 amide bonds. The van der Waals surface area contributed by atoms with E-state index < -0.39 is 0 Å². The molecule has 0 saturated heterocycles. The highest BCUT2D eigenvalue weighted by molar-refractivity contribution is 6.10. The second-order valence-electron chi connectivity index (χ2n) is 14.0. The largest absolute Gasteiger partial charge is 0.278 e. The fourth-order valence-electron chi connectivity index (χ4n) is 8.34. The highest BCUT2D eigenvalue weighted by Crippen LogP contribution is 2.40. The minimum atomic E-state index is 0.562. The Morgan fingerprint density at radius 3 is 1.11 bits per heavy atom. The molecule has 0 bridgehead atoms. The maximum Gasteiger partial charge on any atom is 0.240 e. The number of aromatic nitrogens is 5. The molecule has 0 radical (unpaired) electrons. The molecule has 0 spiro atoms. The molecule has 11 rings (SSSR count). The van der Waals surface area contributed by atoms with Crippen molar-refractivity contribution in [3.05, 3.63) is 200 Å². The molecule has 0 saturated carbocycles. The molecule has 0 aliphatic heterocycles. The Bertz CT molecular complexity index is 3030. The Hall–Kier alpha value is -7.63. The van der Waals surface area contributed by atoms with Crippen LogP contribution in [0.1, 0.15) is 0 Å². The lowest BCUT2D eigenvalue weighted by Crippen LogP contribution is -2.10. The van der Waals surface area contributed by atoms with Gasteiger partial charge in [-0.15, -0.1) is 0 Å². The number of fused-ring (bicyclic) bond motifs is 6. The Balaban J connectivity index is 1.15. The van der Waals surface area contributed by atoms with Crippen LogP contribution in [0.25, 0.3) is 100 Å².